The number of aromatic nitrogens is 4. The van der Waals surface area contributed by atoms with E-state index in [4.69, 9.17) is 0 Å². The summed E-state index contributed by atoms with van der Waals surface area (Å²) in [5.74, 6) is -0.192. The molecule has 0 radical (unpaired) electrons. The van der Waals surface area contributed by atoms with Crippen molar-refractivity contribution >= 4 is 27.7 Å². The average Bonchev–Trinajstić information content (AvgIpc) is 3.17. The summed E-state index contributed by atoms with van der Waals surface area (Å²) in [6.45, 7) is 3.12. The summed E-state index contributed by atoms with van der Waals surface area (Å²) in [5, 5.41) is 11.2. The van der Waals surface area contributed by atoms with Crippen molar-refractivity contribution in [2.75, 3.05) is 5.32 Å². The van der Waals surface area contributed by atoms with Gasteiger partial charge in [-0.25, -0.2) is 4.39 Å². The third-order valence-electron chi connectivity index (χ3n) is 3.40. The van der Waals surface area contributed by atoms with Crippen molar-refractivity contribution in [3.63, 3.8) is 0 Å². The smallest absolute Gasteiger partial charge is 0.277 e. The van der Waals surface area contributed by atoms with Gasteiger partial charge < -0.3 is 5.32 Å². The molecule has 2 aromatic heterocycles. The maximum atomic E-state index is 12.9. The van der Waals surface area contributed by atoms with Crippen molar-refractivity contribution in [1.82, 2.24) is 19.6 Å². The molecule has 1 aromatic carbocycles. The normalized spacial score (nSPS) is 10.8. The second-order valence-corrected chi connectivity index (χ2v) is 6.01. The van der Waals surface area contributed by atoms with Crippen LogP contribution in [0, 0.1) is 5.82 Å². The predicted molar refractivity (Wildman–Crippen MR) is 91.3 cm³/mol. The zero-order valence-corrected chi connectivity index (χ0v) is 14.5. The number of halogens is 2. The van der Waals surface area contributed by atoms with E-state index in [0.717, 1.165) is 5.56 Å². The Balaban J connectivity index is 1.71. The molecule has 3 aromatic rings. The molecule has 0 bridgehead atoms. The molecule has 1 N–H and O–H groups in total. The van der Waals surface area contributed by atoms with Crippen LogP contribution in [0.4, 0.5) is 10.2 Å². The Morgan fingerprint density at radius 2 is 1.96 bits per heavy atom. The first-order valence-corrected chi connectivity index (χ1v) is 8.16. The molecule has 124 valence electrons. The summed E-state index contributed by atoms with van der Waals surface area (Å²) in [4.78, 5) is 12.2. The molecule has 0 aliphatic rings. The summed E-state index contributed by atoms with van der Waals surface area (Å²) in [7, 11) is 0. The van der Waals surface area contributed by atoms with Crippen LogP contribution in [0.5, 0.6) is 0 Å². The van der Waals surface area contributed by atoms with Crippen LogP contribution >= 0.6 is 15.9 Å². The second kappa shape index (κ2) is 6.96. The minimum absolute atomic E-state index is 0.278. The number of nitrogens with one attached hydrogen (secondary N) is 1. The van der Waals surface area contributed by atoms with Gasteiger partial charge in [0.15, 0.2) is 11.5 Å². The van der Waals surface area contributed by atoms with Gasteiger partial charge in [-0.2, -0.15) is 10.2 Å². The molecule has 0 fully saturated rings. The summed E-state index contributed by atoms with van der Waals surface area (Å²) in [6, 6.07) is 7.85. The highest BCUT2D eigenvalue weighted by molar-refractivity contribution is 9.10. The Labute approximate surface area is 146 Å². The van der Waals surface area contributed by atoms with Gasteiger partial charge in [0, 0.05) is 18.9 Å². The molecule has 0 unspecified atom stereocenters. The van der Waals surface area contributed by atoms with Crippen LogP contribution in [-0.2, 0) is 13.1 Å². The fourth-order valence-electron chi connectivity index (χ4n) is 2.17. The SMILES string of the molecule is CCn1ccc(C(=O)Nc2nn(Cc3ccc(F)cc3)cc2Br)n1. The Kier molecular flexibility index (Phi) is 4.75. The molecule has 0 aliphatic carbocycles. The lowest BCUT2D eigenvalue weighted by Crippen LogP contribution is -2.14. The number of hydrogen-bond donors (Lipinski definition) is 1. The van der Waals surface area contributed by atoms with E-state index >= 15 is 0 Å². The number of carbonyl (C=O) groups is 1. The number of aryl methyl sites for hydroxylation is 1. The third-order valence-corrected chi connectivity index (χ3v) is 3.98. The monoisotopic (exact) mass is 391 g/mol. The van der Waals surface area contributed by atoms with Crippen LogP contribution in [0.3, 0.4) is 0 Å². The lowest BCUT2D eigenvalue weighted by molar-refractivity contribution is 0.102. The highest BCUT2D eigenvalue weighted by atomic mass is 79.9. The number of rotatable bonds is 5. The topological polar surface area (TPSA) is 64.7 Å². The van der Waals surface area contributed by atoms with Crippen LogP contribution in [0.1, 0.15) is 23.0 Å². The summed E-state index contributed by atoms with van der Waals surface area (Å²) >= 11 is 3.38. The van der Waals surface area contributed by atoms with Crippen LogP contribution in [0.25, 0.3) is 0 Å². The molecule has 3 rings (SSSR count). The average molecular weight is 392 g/mol. The van der Waals surface area contributed by atoms with Gasteiger partial charge in [-0.15, -0.1) is 0 Å². The molecule has 0 aliphatic heterocycles. The van der Waals surface area contributed by atoms with Gasteiger partial charge in [-0.05, 0) is 46.6 Å². The number of benzene rings is 1. The number of anilines is 1. The van der Waals surface area contributed by atoms with Crippen molar-refractivity contribution < 1.29 is 9.18 Å². The Hall–Kier alpha value is -2.48. The summed E-state index contributed by atoms with van der Waals surface area (Å²) in [5.41, 5.74) is 1.24. The third kappa shape index (κ3) is 3.70. The highest BCUT2D eigenvalue weighted by Crippen LogP contribution is 2.21. The molecule has 6 nitrogen and oxygen atoms in total. The number of amides is 1. The zero-order chi connectivity index (χ0) is 17.1. The second-order valence-electron chi connectivity index (χ2n) is 5.16. The first-order valence-electron chi connectivity index (χ1n) is 7.37. The van der Waals surface area contributed by atoms with Gasteiger partial charge in [0.2, 0.25) is 0 Å². The van der Waals surface area contributed by atoms with Gasteiger partial charge in [-0.3, -0.25) is 14.2 Å². The van der Waals surface area contributed by atoms with Gasteiger partial charge in [-0.1, -0.05) is 12.1 Å². The number of hydrogen-bond acceptors (Lipinski definition) is 3. The molecule has 0 saturated heterocycles. The molecule has 0 spiro atoms. The fraction of sp³-hybridized carbons (Fsp3) is 0.188. The fourth-order valence-corrected chi connectivity index (χ4v) is 2.58. The Bertz CT molecular complexity index is 856. The largest absolute Gasteiger partial charge is 0.303 e. The molecule has 8 heteroatoms. The van der Waals surface area contributed by atoms with Crippen LogP contribution in [-0.4, -0.2) is 25.5 Å². The van der Waals surface area contributed by atoms with E-state index < -0.39 is 0 Å². The molecular formula is C16H15BrFN5O. The maximum Gasteiger partial charge on any atom is 0.277 e. The van der Waals surface area contributed by atoms with E-state index in [1.54, 1.807) is 40.0 Å². The van der Waals surface area contributed by atoms with Crippen LogP contribution in [0.15, 0.2) is 47.2 Å². The van der Waals surface area contributed by atoms with Gasteiger partial charge in [0.05, 0.1) is 11.0 Å². The minimum Gasteiger partial charge on any atom is -0.303 e. The first-order chi connectivity index (χ1) is 11.5. The maximum absolute atomic E-state index is 12.9. The van der Waals surface area contributed by atoms with Crippen molar-refractivity contribution in [3.05, 3.63) is 64.3 Å². The molecule has 1 amide bonds. The van der Waals surface area contributed by atoms with Crippen molar-refractivity contribution in [2.24, 2.45) is 0 Å². The Morgan fingerprint density at radius 1 is 1.21 bits per heavy atom. The van der Waals surface area contributed by atoms with E-state index in [9.17, 15) is 9.18 Å². The predicted octanol–water partition coefficient (Wildman–Crippen LogP) is 3.30. The standard InChI is InChI=1S/C16H15BrFN5O/c1-2-22-8-7-14(20-22)16(24)19-15-13(17)10-23(21-15)9-11-3-5-12(18)6-4-11/h3-8,10H,2,9H2,1H3,(H,19,21,24). The molecular weight excluding hydrogens is 377 g/mol. The summed E-state index contributed by atoms with van der Waals surface area (Å²) < 4.78 is 16.9. The molecule has 0 saturated carbocycles. The highest BCUT2D eigenvalue weighted by Gasteiger charge is 2.14. The molecule has 0 atom stereocenters. The quantitative estimate of drug-likeness (QED) is 0.725. The van der Waals surface area contributed by atoms with E-state index in [0.29, 0.717) is 29.1 Å². The van der Waals surface area contributed by atoms with E-state index in [-0.39, 0.29) is 11.7 Å². The zero-order valence-electron chi connectivity index (χ0n) is 12.9. The van der Waals surface area contributed by atoms with Crippen molar-refractivity contribution in [2.45, 2.75) is 20.0 Å². The number of carbonyl (C=O) groups excluding carboxylic acids is 1. The summed E-state index contributed by atoms with van der Waals surface area (Å²) in [6.07, 6.45) is 3.50. The molecule has 24 heavy (non-hydrogen) atoms. The molecule has 2 heterocycles. The minimum atomic E-state index is -0.324. The van der Waals surface area contributed by atoms with Gasteiger partial charge in [0.25, 0.3) is 5.91 Å². The number of nitrogens with zero attached hydrogens (tertiary/aromatic N) is 4. The van der Waals surface area contributed by atoms with Crippen molar-refractivity contribution in [1.29, 1.82) is 0 Å². The van der Waals surface area contributed by atoms with E-state index in [1.807, 2.05) is 6.92 Å². The lowest BCUT2D eigenvalue weighted by atomic mass is 10.2. The van der Waals surface area contributed by atoms with E-state index in [2.05, 4.69) is 31.4 Å². The van der Waals surface area contributed by atoms with Crippen LogP contribution in [0.2, 0.25) is 0 Å². The first kappa shape index (κ1) is 16.4. The van der Waals surface area contributed by atoms with Gasteiger partial charge >= 0.3 is 0 Å². The van der Waals surface area contributed by atoms with E-state index in [1.165, 1.54) is 12.1 Å². The Morgan fingerprint density at radius 3 is 2.62 bits per heavy atom. The van der Waals surface area contributed by atoms with Gasteiger partial charge in [0.1, 0.15) is 5.82 Å². The van der Waals surface area contributed by atoms with Crippen LogP contribution < -0.4 is 5.32 Å². The lowest BCUT2D eigenvalue weighted by Gasteiger charge is -2.02. The van der Waals surface area contributed by atoms with Crippen molar-refractivity contribution in [3.8, 4) is 0 Å².